The molecular formula is C25H18N4O3S. The Hall–Kier alpha value is -4.30. The Morgan fingerprint density at radius 3 is 2.58 bits per heavy atom. The average Bonchev–Trinajstić information content (AvgIpc) is 3.49. The lowest BCUT2D eigenvalue weighted by Gasteiger charge is -2.16. The molecule has 5 rings (SSSR count). The van der Waals surface area contributed by atoms with Crippen molar-refractivity contribution in [2.45, 2.75) is 6.92 Å². The number of fused-ring (bicyclic) bond motifs is 1. The van der Waals surface area contributed by atoms with Crippen molar-refractivity contribution in [3.05, 3.63) is 94.4 Å². The molecule has 3 heterocycles. The van der Waals surface area contributed by atoms with E-state index in [2.05, 4.69) is 15.4 Å². The monoisotopic (exact) mass is 454 g/mol. The molecule has 2 aromatic carbocycles. The Morgan fingerprint density at radius 1 is 1.03 bits per heavy atom. The van der Waals surface area contributed by atoms with E-state index in [9.17, 15) is 14.7 Å². The molecule has 0 atom stereocenters. The quantitative estimate of drug-likeness (QED) is 0.329. The number of carbonyl (C=O) groups is 2. The second kappa shape index (κ2) is 8.33. The van der Waals surface area contributed by atoms with Crippen LogP contribution < -0.4 is 5.32 Å². The van der Waals surface area contributed by atoms with Gasteiger partial charge in [-0.2, -0.15) is 5.10 Å². The van der Waals surface area contributed by atoms with Crippen LogP contribution in [0.1, 0.15) is 20.8 Å². The molecule has 0 spiro atoms. The molecule has 33 heavy (non-hydrogen) atoms. The van der Waals surface area contributed by atoms with Crippen LogP contribution in [0.25, 0.3) is 28.0 Å². The molecule has 0 saturated carbocycles. The maximum Gasteiger partial charge on any atom is 0.409 e. The standard InChI is InChI=1S/C25H18N4O3S/c1-15-7-9-16(10-8-15)22-17(4-2-5-19(22)28-25(31)32)20-11-12-26-24-18(14-27-29(20)24)23(30)21-6-3-13-33-21/h2-14,28H,1H3,(H,31,32). The third kappa shape index (κ3) is 3.77. The van der Waals surface area contributed by atoms with Gasteiger partial charge in [-0.25, -0.2) is 14.3 Å². The van der Waals surface area contributed by atoms with Gasteiger partial charge in [0.25, 0.3) is 0 Å². The molecule has 0 aliphatic heterocycles. The van der Waals surface area contributed by atoms with Crippen LogP contribution in [-0.2, 0) is 0 Å². The molecule has 3 aromatic heterocycles. The van der Waals surface area contributed by atoms with E-state index >= 15 is 0 Å². The average molecular weight is 455 g/mol. The van der Waals surface area contributed by atoms with Crippen LogP contribution in [0.15, 0.2) is 78.4 Å². The van der Waals surface area contributed by atoms with Crippen LogP contribution in [0, 0.1) is 6.92 Å². The van der Waals surface area contributed by atoms with E-state index in [-0.39, 0.29) is 5.78 Å². The number of hydrogen-bond donors (Lipinski definition) is 2. The van der Waals surface area contributed by atoms with Crippen molar-refractivity contribution in [2.75, 3.05) is 5.32 Å². The van der Waals surface area contributed by atoms with Crippen molar-refractivity contribution in [2.24, 2.45) is 0 Å². The smallest absolute Gasteiger partial charge is 0.409 e. The molecule has 0 aliphatic rings. The summed E-state index contributed by atoms with van der Waals surface area (Å²) in [7, 11) is 0. The van der Waals surface area contributed by atoms with Gasteiger partial charge in [0, 0.05) is 17.3 Å². The third-order valence-electron chi connectivity index (χ3n) is 5.31. The number of amides is 1. The molecule has 0 saturated heterocycles. The van der Waals surface area contributed by atoms with Crippen molar-refractivity contribution >= 4 is 34.5 Å². The van der Waals surface area contributed by atoms with Crippen molar-refractivity contribution in [1.29, 1.82) is 0 Å². The van der Waals surface area contributed by atoms with E-state index in [0.29, 0.717) is 33.0 Å². The predicted molar refractivity (Wildman–Crippen MR) is 128 cm³/mol. The van der Waals surface area contributed by atoms with E-state index in [1.165, 1.54) is 17.5 Å². The van der Waals surface area contributed by atoms with E-state index < -0.39 is 6.09 Å². The number of hydrogen-bond acceptors (Lipinski definition) is 5. The molecule has 0 unspecified atom stereocenters. The normalized spacial score (nSPS) is 10.9. The van der Waals surface area contributed by atoms with Crippen LogP contribution in [0.2, 0.25) is 0 Å². The zero-order chi connectivity index (χ0) is 22.9. The van der Waals surface area contributed by atoms with Crippen LogP contribution in [-0.4, -0.2) is 31.6 Å². The number of anilines is 1. The molecule has 2 N–H and O–H groups in total. The Morgan fingerprint density at radius 2 is 1.85 bits per heavy atom. The minimum absolute atomic E-state index is 0.135. The van der Waals surface area contributed by atoms with Gasteiger partial charge in [0.2, 0.25) is 5.78 Å². The number of nitrogens with zero attached hydrogens (tertiary/aromatic N) is 3. The highest BCUT2D eigenvalue weighted by Gasteiger charge is 2.21. The fraction of sp³-hybridized carbons (Fsp3) is 0.0400. The molecule has 8 heteroatoms. The van der Waals surface area contributed by atoms with Crippen LogP contribution in [0.4, 0.5) is 10.5 Å². The topological polar surface area (TPSA) is 96.6 Å². The van der Waals surface area contributed by atoms with Gasteiger partial charge in [-0.3, -0.25) is 10.1 Å². The highest BCUT2D eigenvalue weighted by Crippen LogP contribution is 2.38. The van der Waals surface area contributed by atoms with E-state index in [4.69, 9.17) is 0 Å². The largest absolute Gasteiger partial charge is 0.465 e. The number of nitrogens with one attached hydrogen (secondary N) is 1. The number of carbonyl (C=O) groups excluding carboxylic acids is 1. The SMILES string of the molecule is Cc1ccc(-c2c(NC(=O)O)cccc2-c2ccnc3c(C(=O)c4cccs4)cnn23)cc1. The fourth-order valence-electron chi connectivity index (χ4n) is 3.81. The third-order valence-corrected chi connectivity index (χ3v) is 6.18. The molecule has 5 aromatic rings. The lowest BCUT2D eigenvalue weighted by atomic mass is 9.95. The van der Waals surface area contributed by atoms with Crippen LogP contribution >= 0.6 is 11.3 Å². The second-order valence-corrected chi connectivity index (χ2v) is 8.40. The Labute approximate surface area is 193 Å². The van der Waals surface area contributed by atoms with Crippen LogP contribution in [0.3, 0.4) is 0 Å². The molecule has 0 fully saturated rings. The maximum atomic E-state index is 13.0. The Bertz CT molecular complexity index is 1490. The fourth-order valence-corrected chi connectivity index (χ4v) is 4.49. The number of carboxylic acid groups (broad SMARTS) is 1. The van der Waals surface area contributed by atoms with Gasteiger partial charge in [0.1, 0.15) is 0 Å². The molecular weight excluding hydrogens is 436 g/mol. The molecule has 0 radical (unpaired) electrons. The van der Waals surface area contributed by atoms with E-state index in [0.717, 1.165) is 16.7 Å². The summed E-state index contributed by atoms with van der Waals surface area (Å²) in [6.07, 6.45) is 2.01. The summed E-state index contributed by atoms with van der Waals surface area (Å²) in [5, 5.41) is 18.2. The minimum Gasteiger partial charge on any atom is -0.465 e. The van der Waals surface area contributed by atoms with Gasteiger partial charge in [0.05, 0.1) is 28.0 Å². The van der Waals surface area contributed by atoms with Crippen molar-refractivity contribution in [1.82, 2.24) is 14.6 Å². The highest BCUT2D eigenvalue weighted by molar-refractivity contribution is 7.12. The number of benzene rings is 2. The van der Waals surface area contributed by atoms with Gasteiger partial charge in [0.15, 0.2) is 5.65 Å². The van der Waals surface area contributed by atoms with E-state index in [1.54, 1.807) is 35.0 Å². The zero-order valence-electron chi connectivity index (χ0n) is 17.5. The number of rotatable bonds is 5. The zero-order valence-corrected chi connectivity index (χ0v) is 18.3. The number of aromatic nitrogens is 3. The van der Waals surface area contributed by atoms with Crippen molar-refractivity contribution < 1.29 is 14.7 Å². The van der Waals surface area contributed by atoms with Gasteiger partial charge >= 0.3 is 6.09 Å². The first-order chi connectivity index (χ1) is 16.0. The van der Waals surface area contributed by atoms with Crippen LogP contribution in [0.5, 0.6) is 0 Å². The molecule has 7 nitrogen and oxygen atoms in total. The molecule has 1 amide bonds. The number of ketones is 1. The van der Waals surface area contributed by atoms with E-state index in [1.807, 2.05) is 48.7 Å². The Balaban J connectivity index is 1.73. The summed E-state index contributed by atoms with van der Waals surface area (Å²) in [5.41, 5.74) is 5.43. The second-order valence-electron chi connectivity index (χ2n) is 7.45. The molecule has 0 bridgehead atoms. The van der Waals surface area contributed by atoms with Gasteiger partial charge in [-0.1, -0.05) is 48.0 Å². The summed E-state index contributed by atoms with van der Waals surface area (Å²) >= 11 is 1.37. The summed E-state index contributed by atoms with van der Waals surface area (Å²) in [4.78, 5) is 29.5. The van der Waals surface area contributed by atoms with Crippen molar-refractivity contribution in [3.8, 4) is 22.4 Å². The first-order valence-corrected chi connectivity index (χ1v) is 11.0. The molecule has 0 aliphatic carbocycles. The van der Waals surface area contributed by atoms with Gasteiger partial charge < -0.3 is 5.11 Å². The van der Waals surface area contributed by atoms with Crippen molar-refractivity contribution in [3.63, 3.8) is 0 Å². The lowest BCUT2D eigenvalue weighted by Crippen LogP contribution is -2.09. The number of aryl methyl sites for hydroxylation is 1. The van der Waals surface area contributed by atoms with Gasteiger partial charge in [-0.15, -0.1) is 11.3 Å². The Kier molecular flexibility index (Phi) is 5.20. The summed E-state index contributed by atoms with van der Waals surface area (Å²) in [5.74, 6) is -0.135. The summed E-state index contributed by atoms with van der Waals surface area (Å²) in [6, 6.07) is 18.7. The van der Waals surface area contributed by atoms with Gasteiger partial charge in [-0.05, 0) is 36.1 Å². The highest BCUT2D eigenvalue weighted by atomic mass is 32.1. The maximum absolute atomic E-state index is 13.0. The lowest BCUT2D eigenvalue weighted by molar-refractivity contribution is 0.104. The minimum atomic E-state index is -1.15. The summed E-state index contributed by atoms with van der Waals surface area (Å²) in [6.45, 7) is 1.99. The summed E-state index contributed by atoms with van der Waals surface area (Å²) < 4.78 is 1.62. The first kappa shape index (κ1) is 20.6. The first-order valence-electron chi connectivity index (χ1n) is 10.1. The predicted octanol–water partition coefficient (Wildman–Crippen LogP) is 5.75. The molecule has 162 valence electrons. The number of thiophene rings is 1.